The van der Waals surface area contributed by atoms with Crippen LogP contribution in [0.3, 0.4) is 0 Å². The summed E-state index contributed by atoms with van der Waals surface area (Å²) in [5.41, 5.74) is 0.377. The topological polar surface area (TPSA) is 61.8 Å². The smallest absolute Gasteiger partial charge is 0.274 e. The number of piperidine rings is 1. The zero-order valence-corrected chi connectivity index (χ0v) is 17.9. The minimum atomic E-state index is -0.0584. The maximum Gasteiger partial charge on any atom is 0.274 e. The molecule has 160 valence electrons. The summed E-state index contributed by atoms with van der Waals surface area (Å²) in [5.74, 6) is 0.726. The van der Waals surface area contributed by atoms with Crippen molar-refractivity contribution in [3.8, 4) is 0 Å². The largest absolute Gasteiger partial charge is 0.375 e. The Bertz CT molecular complexity index is 667. The summed E-state index contributed by atoms with van der Waals surface area (Å²) in [6.45, 7) is 12.8. The second kappa shape index (κ2) is 9.06. The Balaban J connectivity index is 1.29. The Kier molecular flexibility index (Phi) is 6.47. The molecule has 0 N–H and O–H groups in total. The molecule has 1 atom stereocenters. The van der Waals surface area contributed by atoms with E-state index in [-0.39, 0.29) is 11.5 Å². The van der Waals surface area contributed by atoms with Gasteiger partial charge in [-0.3, -0.25) is 14.7 Å². The zero-order valence-electron chi connectivity index (χ0n) is 17.9. The first-order chi connectivity index (χ1) is 14.0. The average molecular weight is 402 g/mol. The van der Waals surface area contributed by atoms with E-state index < -0.39 is 0 Å². The molecule has 1 amide bonds. The molecule has 0 aromatic carbocycles. The van der Waals surface area contributed by atoms with Crippen molar-refractivity contribution in [2.24, 2.45) is 5.92 Å². The lowest BCUT2D eigenvalue weighted by Crippen LogP contribution is -2.57. The van der Waals surface area contributed by atoms with Crippen LogP contribution in [0.4, 0.5) is 0 Å². The third-order valence-corrected chi connectivity index (χ3v) is 6.76. The first-order valence-corrected chi connectivity index (χ1v) is 11.2. The number of hydrogen-bond donors (Lipinski definition) is 0. The predicted molar refractivity (Wildman–Crippen MR) is 112 cm³/mol. The maximum atomic E-state index is 12.7. The quantitative estimate of drug-likeness (QED) is 0.768. The lowest BCUT2D eigenvalue weighted by molar-refractivity contribution is -0.132. The van der Waals surface area contributed by atoms with Crippen molar-refractivity contribution in [2.45, 2.75) is 51.2 Å². The van der Waals surface area contributed by atoms with Crippen molar-refractivity contribution < 1.29 is 9.53 Å². The van der Waals surface area contributed by atoms with Gasteiger partial charge in [0, 0.05) is 70.9 Å². The van der Waals surface area contributed by atoms with Crippen molar-refractivity contribution >= 4 is 5.91 Å². The number of carbonyl (C=O) groups is 1. The number of hydrogen-bond acceptors (Lipinski definition) is 6. The van der Waals surface area contributed by atoms with Gasteiger partial charge in [0.25, 0.3) is 5.91 Å². The van der Waals surface area contributed by atoms with E-state index >= 15 is 0 Å². The molecule has 4 heterocycles. The second-order valence-corrected chi connectivity index (χ2v) is 9.29. The van der Waals surface area contributed by atoms with E-state index in [1.807, 2.05) is 4.90 Å². The van der Waals surface area contributed by atoms with Gasteiger partial charge in [0.15, 0.2) is 0 Å². The van der Waals surface area contributed by atoms with Crippen molar-refractivity contribution in [2.75, 3.05) is 52.4 Å². The lowest BCUT2D eigenvalue weighted by Gasteiger charge is -2.49. The number of aromatic nitrogens is 2. The van der Waals surface area contributed by atoms with Gasteiger partial charge in [0.05, 0.1) is 11.8 Å². The molecule has 1 aromatic heterocycles. The summed E-state index contributed by atoms with van der Waals surface area (Å²) in [7, 11) is 0. The van der Waals surface area contributed by atoms with Gasteiger partial charge in [-0.05, 0) is 31.6 Å². The number of ether oxygens (including phenoxy) is 1. The van der Waals surface area contributed by atoms with Gasteiger partial charge in [0.1, 0.15) is 5.69 Å². The van der Waals surface area contributed by atoms with Crippen molar-refractivity contribution in [1.82, 2.24) is 24.7 Å². The second-order valence-electron chi connectivity index (χ2n) is 9.29. The summed E-state index contributed by atoms with van der Waals surface area (Å²) in [6, 6.07) is 0.618. The van der Waals surface area contributed by atoms with Crippen LogP contribution in [-0.2, 0) is 4.74 Å². The van der Waals surface area contributed by atoms with E-state index in [0.29, 0.717) is 11.7 Å². The number of rotatable bonds is 4. The van der Waals surface area contributed by atoms with E-state index in [0.717, 1.165) is 51.3 Å². The molecular weight excluding hydrogens is 366 g/mol. The van der Waals surface area contributed by atoms with Crippen LogP contribution in [-0.4, -0.2) is 94.6 Å². The van der Waals surface area contributed by atoms with E-state index in [4.69, 9.17) is 4.74 Å². The van der Waals surface area contributed by atoms with Crippen LogP contribution in [0.15, 0.2) is 18.6 Å². The molecule has 3 fully saturated rings. The van der Waals surface area contributed by atoms with Crippen LogP contribution >= 0.6 is 0 Å². The highest BCUT2D eigenvalue weighted by atomic mass is 16.5. The van der Waals surface area contributed by atoms with Crippen LogP contribution in [0.1, 0.15) is 50.0 Å². The summed E-state index contributed by atoms with van der Waals surface area (Å²) >= 11 is 0. The van der Waals surface area contributed by atoms with Crippen LogP contribution in [0.2, 0.25) is 0 Å². The maximum absolute atomic E-state index is 12.7. The molecule has 4 rings (SSSR count). The fourth-order valence-corrected chi connectivity index (χ4v) is 5.18. The van der Waals surface area contributed by atoms with Crippen LogP contribution < -0.4 is 0 Å². The first kappa shape index (κ1) is 20.7. The number of piperazine rings is 1. The molecular formula is C22H35N5O2. The minimum Gasteiger partial charge on any atom is -0.375 e. The van der Waals surface area contributed by atoms with Crippen LogP contribution in [0.25, 0.3) is 0 Å². The normalized spacial score (nSPS) is 26.2. The number of amides is 1. The molecule has 0 unspecified atom stereocenters. The zero-order chi connectivity index (χ0) is 20.3. The van der Waals surface area contributed by atoms with Gasteiger partial charge >= 0.3 is 0 Å². The number of likely N-dealkylation sites (tertiary alicyclic amines) is 1. The fraction of sp³-hybridized carbons (Fsp3) is 0.773. The Morgan fingerprint density at radius 3 is 2.59 bits per heavy atom. The third kappa shape index (κ3) is 4.95. The highest BCUT2D eigenvalue weighted by Gasteiger charge is 2.43. The van der Waals surface area contributed by atoms with Gasteiger partial charge in [-0.1, -0.05) is 13.8 Å². The van der Waals surface area contributed by atoms with Crippen molar-refractivity contribution in [1.29, 1.82) is 0 Å². The van der Waals surface area contributed by atoms with Crippen LogP contribution in [0.5, 0.6) is 0 Å². The molecule has 29 heavy (non-hydrogen) atoms. The fourth-order valence-electron chi connectivity index (χ4n) is 5.18. The van der Waals surface area contributed by atoms with Crippen molar-refractivity contribution in [3.05, 3.63) is 24.3 Å². The summed E-state index contributed by atoms with van der Waals surface area (Å²) in [5, 5.41) is 0. The lowest BCUT2D eigenvalue weighted by atomic mass is 9.81. The average Bonchev–Trinajstić information content (AvgIpc) is 2.75. The SMILES string of the molecule is CC(C)CN1CCN([C@@H]2CCOC3(CCN(C(=O)c4cnccn4)CC3)C2)CC1. The summed E-state index contributed by atoms with van der Waals surface area (Å²) in [6.07, 6.45) is 8.80. The van der Waals surface area contributed by atoms with Gasteiger partial charge in [-0.25, -0.2) is 4.98 Å². The molecule has 3 aliphatic heterocycles. The Hall–Kier alpha value is -1.57. The Morgan fingerprint density at radius 1 is 1.17 bits per heavy atom. The molecule has 0 radical (unpaired) electrons. The Morgan fingerprint density at radius 2 is 1.93 bits per heavy atom. The number of carbonyl (C=O) groups excluding carboxylic acids is 1. The molecule has 0 bridgehead atoms. The molecule has 1 aromatic rings. The molecule has 7 heteroatoms. The van der Waals surface area contributed by atoms with Gasteiger partial charge in [-0.2, -0.15) is 0 Å². The highest BCUT2D eigenvalue weighted by molar-refractivity contribution is 5.92. The van der Waals surface area contributed by atoms with Gasteiger partial charge < -0.3 is 14.5 Å². The molecule has 0 saturated carbocycles. The van der Waals surface area contributed by atoms with Crippen molar-refractivity contribution in [3.63, 3.8) is 0 Å². The van der Waals surface area contributed by atoms with E-state index in [1.54, 1.807) is 18.6 Å². The van der Waals surface area contributed by atoms with Crippen LogP contribution in [0, 0.1) is 5.92 Å². The molecule has 7 nitrogen and oxygen atoms in total. The molecule has 0 aliphatic carbocycles. The highest BCUT2D eigenvalue weighted by Crippen LogP contribution is 2.37. The Labute approximate surface area is 174 Å². The third-order valence-electron chi connectivity index (χ3n) is 6.76. The number of nitrogens with zero attached hydrogens (tertiary/aromatic N) is 5. The van der Waals surface area contributed by atoms with E-state index in [2.05, 4.69) is 33.6 Å². The standard InChI is InChI=1S/C22H35N5O2/c1-18(2)17-25-10-12-26(13-11-25)19-3-14-29-22(15-19)4-8-27(9-5-22)21(28)20-16-23-6-7-24-20/h6-7,16,18-19H,3-5,8-15,17H2,1-2H3/t19-/m1/s1. The predicted octanol–water partition coefficient (Wildman–Crippen LogP) is 1.90. The van der Waals surface area contributed by atoms with Gasteiger partial charge in [-0.15, -0.1) is 0 Å². The molecule has 3 saturated heterocycles. The van der Waals surface area contributed by atoms with Gasteiger partial charge in [0.2, 0.25) is 0 Å². The first-order valence-electron chi connectivity index (χ1n) is 11.2. The summed E-state index contributed by atoms with van der Waals surface area (Å²) < 4.78 is 6.33. The van der Waals surface area contributed by atoms with E-state index in [9.17, 15) is 4.79 Å². The monoisotopic (exact) mass is 401 g/mol. The molecule has 3 aliphatic rings. The van der Waals surface area contributed by atoms with E-state index in [1.165, 1.54) is 32.7 Å². The minimum absolute atomic E-state index is 0.0124. The summed E-state index contributed by atoms with van der Waals surface area (Å²) in [4.78, 5) is 28.0. The molecule has 1 spiro atoms.